The van der Waals surface area contributed by atoms with Crippen LogP contribution in [0.4, 0.5) is 8.78 Å². The van der Waals surface area contributed by atoms with E-state index in [-0.39, 0.29) is 0 Å². The van der Waals surface area contributed by atoms with Crippen molar-refractivity contribution in [3.63, 3.8) is 0 Å². The highest BCUT2D eigenvalue weighted by molar-refractivity contribution is 5.85. The molecule has 1 heterocycles. The molecule has 2 nitrogen and oxygen atoms in total. The number of aryl methyl sites for hydroxylation is 1. The lowest BCUT2D eigenvalue weighted by Gasteiger charge is -1.99. The number of hydrogen-bond acceptors (Lipinski definition) is 1. The summed E-state index contributed by atoms with van der Waals surface area (Å²) in [6.45, 7) is 2.15. The number of ether oxygens (including phenoxy) is 1. The van der Waals surface area contributed by atoms with Crippen molar-refractivity contribution in [1.82, 2.24) is 4.98 Å². The second kappa shape index (κ2) is 3.62. The van der Waals surface area contributed by atoms with Crippen molar-refractivity contribution in [1.29, 1.82) is 0 Å². The summed E-state index contributed by atoms with van der Waals surface area (Å²) < 4.78 is 31.4. The number of benzene rings is 1. The summed E-state index contributed by atoms with van der Waals surface area (Å²) in [7, 11) is 1.55. The third-order valence-corrected chi connectivity index (χ3v) is 2.43. The van der Waals surface area contributed by atoms with Gasteiger partial charge in [0.1, 0.15) is 11.6 Å². The standard InChI is InChI=1S/C11H11F2NO/c1-6-9(5-15-2)8-3-7(12)4-10(13)11(8)14-6/h3-4,14H,5H2,1-2H3. The molecule has 1 N–H and O–H groups in total. The molecule has 0 saturated heterocycles. The first-order chi connectivity index (χ1) is 7.13. The predicted octanol–water partition coefficient (Wildman–Crippen LogP) is 2.90. The Labute approximate surface area is 85.9 Å². The maximum absolute atomic E-state index is 13.4. The Hall–Kier alpha value is -1.42. The Morgan fingerprint density at radius 3 is 2.73 bits per heavy atom. The van der Waals surface area contributed by atoms with Gasteiger partial charge in [-0.15, -0.1) is 0 Å². The monoisotopic (exact) mass is 211 g/mol. The molecular weight excluding hydrogens is 200 g/mol. The van der Waals surface area contributed by atoms with Gasteiger partial charge in [-0.1, -0.05) is 0 Å². The van der Waals surface area contributed by atoms with Crippen LogP contribution in [0.3, 0.4) is 0 Å². The molecule has 0 aliphatic carbocycles. The molecule has 2 aromatic rings. The fourth-order valence-corrected chi connectivity index (χ4v) is 1.73. The lowest BCUT2D eigenvalue weighted by atomic mass is 10.1. The summed E-state index contributed by atoms with van der Waals surface area (Å²) >= 11 is 0. The smallest absolute Gasteiger partial charge is 0.150 e. The number of methoxy groups -OCH3 is 1. The van der Waals surface area contributed by atoms with Gasteiger partial charge in [-0.05, 0) is 13.0 Å². The molecule has 0 aliphatic rings. The van der Waals surface area contributed by atoms with Crippen LogP contribution in [-0.4, -0.2) is 12.1 Å². The highest BCUT2D eigenvalue weighted by atomic mass is 19.1. The van der Waals surface area contributed by atoms with Gasteiger partial charge >= 0.3 is 0 Å². The normalized spacial score (nSPS) is 11.2. The number of aromatic nitrogens is 1. The van der Waals surface area contributed by atoms with E-state index in [0.717, 1.165) is 17.3 Å². The average molecular weight is 211 g/mol. The molecule has 2 rings (SSSR count). The highest BCUT2D eigenvalue weighted by Gasteiger charge is 2.12. The third-order valence-electron chi connectivity index (χ3n) is 2.43. The Morgan fingerprint density at radius 2 is 2.07 bits per heavy atom. The number of aromatic amines is 1. The fraction of sp³-hybridized carbons (Fsp3) is 0.273. The molecule has 0 bridgehead atoms. The lowest BCUT2D eigenvalue weighted by molar-refractivity contribution is 0.185. The van der Waals surface area contributed by atoms with E-state index in [0.29, 0.717) is 17.5 Å². The van der Waals surface area contributed by atoms with Crippen LogP contribution in [0.5, 0.6) is 0 Å². The van der Waals surface area contributed by atoms with Crippen molar-refractivity contribution in [3.05, 3.63) is 35.0 Å². The molecule has 0 amide bonds. The van der Waals surface area contributed by atoms with Crippen LogP contribution in [0.25, 0.3) is 10.9 Å². The summed E-state index contributed by atoms with van der Waals surface area (Å²) in [6.07, 6.45) is 0. The maximum Gasteiger partial charge on any atom is 0.150 e. The van der Waals surface area contributed by atoms with Gasteiger partial charge in [0.05, 0.1) is 12.1 Å². The van der Waals surface area contributed by atoms with E-state index in [4.69, 9.17) is 4.74 Å². The van der Waals surface area contributed by atoms with Crippen LogP contribution in [0, 0.1) is 18.6 Å². The lowest BCUT2D eigenvalue weighted by Crippen LogP contribution is -1.89. The van der Waals surface area contributed by atoms with Crippen LogP contribution in [0.15, 0.2) is 12.1 Å². The topological polar surface area (TPSA) is 25.0 Å². The zero-order valence-corrected chi connectivity index (χ0v) is 8.53. The number of H-pyrrole nitrogens is 1. The second-order valence-electron chi connectivity index (χ2n) is 3.47. The quantitative estimate of drug-likeness (QED) is 0.811. The van der Waals surface area contributed by atoms with Gasteiger partial charge in [0, 0.05) is 29.8 Å². The summed E-state index contributed by atoms with van der Waals surface area (Å²) in [6, 6.07) is 2.19. The van der Waals surface area contributed by atoms with E-state index in [1.165, 1.54) is 6.07 Å². The van der Waals surface area contributed by atoms with Gasteiger partial charge in [0.25, 0.3) is 0 Å². The average Bonchev–Trinajstić information content (AvgIpc) is 2.46. The third kappa shape index (κ3) is 1.61. The summed E-state index contributed by atoms with van der Waals surface area (Å²) in [5, 5.41) is 0.548. The van der Waals surface area contributed by atoms with Crippen molar-refractivity contribution in [2.24, 2.45) is 0 Å². The van der Waals surface area contributed by atoms with E-state index in [1.54, 1.807) is 7.11 Å². The molecule has 0 radical (unpaired) electrons. The molecule has 1 aromatic carbocycles. The Bertz CT molecular complexity index is 505. The Kier molecular flexibility index (Phi) is 2.44. The van der Waals surface area contributed by atoms with Crippen molar-refractivity contribution >= 4 is 10.9 Å². The maximum atomic E-state index is 13.4. The minimum absolute atomic E-state index is 0.334. The number of fused-ring (bicyclic) bond motifs is 1. The SMILES string of the molecule is COCc1c(C)[nH]c2c(F)cc(F)cc12. The molecule has 0 fully saturated rings. The van der Waals surface area contributed by atoms with E-state index in [9.17, 15) is 8.78 Å². The van der Waals surface area contributed by atoms with Gasteiger partial charge in [0.15, 0.2) is 0 Å². The van der Waals surface area contributed by atoms with E-state index in [2.05, 4.69) is 4.98 Å². The minimum atomic E-state index is -0.574. The van der Waals surface area contributed by atoms with Gasteiger partial charge in [-0.25, -0.2) is 8.78 Å². The molecule has 15 heavy (non-hydrogen) atoms. The summed E-state index contributed by atoms with van der Waals surface area (Å²) in [5.74, 6) is -1.15. The van der Waals surface area contributed by atoms with Crippen molar-refractivity contribution in [2.45, 2.75) is 13.5 Å². The van der Waals surface area contributed by atoms with Crippen LogP contribution >= 0.6 is 0 Å². The van der Waals surface area contributed by atoms with Gasteiger partial charge in [0.2, 0.25) is 0 Å². The second-order valence-corrected chi connectivity index (χ2v) is 3.47. The predicted molar refractivity (Wildman–Crippen MR) is 53.7 cm³/mol. The molecule has 0 spiro atoms. The first kappa shape index (κ1) is 10.1. The molecule has 1 aromatic heterocycles. The highest BCUT2D eigenvalue weighted by Crippen LogP contribution is 2.25. The van der Waals surface area contributed by atoms with Crippen molar-refractivity contribution < 1.29 is 13.5 Å². The molecular formula is C11H11F2NO. The largest absolute Gasteiger partial charge is 0.380 e. The van der Waals surface area contributed by atoms with E-state index in [1.807, 2.05) is 6.92 Å². The van der Waals surface area contributed by atoms with E-state index >= 15 is 0 Å². The molecule has 0 atom stereocenters. The molecule has 4 heteroatoms. The van der Waals surface area contributed by atoms with Crippen molar-refractivity contribution in [2.75, 3.05) is 7.11 Å². The van der Waals surface area contributed by atoms with E-state index < -0.39 is 11.6 Å². The zero-order valence-electron chi connectivity index (χ0n) is 8.53. The molecule has 0 saturated carbocycles. The fourth-order valence-electron chi connectivity index (χ4n) is 1.73. The van der Waals surface area contributed by atoms with Gasteiger partial charge in [-0.3, -0.25) is 0 Å². The number of nitrogens with one attached hydrogen (secondary N) is 1. The summed E-state index contributed by atoms with van der Waals surface area (Å²) in [4.78, 5) is 2.89. The molecule has 0 unspecified atom stereocenters. The number of rotatable bonds is 2. The van der Waals surface area contributed by atoms with Crippen LogP contribution in [0.1, 0.15) is 11.3 Å². The van der Waals surface area contributed by atoms with Crippen LogP contribution in [0.2, 0.25) is 0 Å². The zero-order chi connectivity index (χ0) is 11.0. The molecule has 0 aliphatic heterocycles. The van der Waals surface area contributed by atoms with Crippen molar-refractivity contribution in [3.8, 4) is 0 Å². The molecule has 80 valence electrons. The van der Waals surface area contributed by atoms with Gasteiger partial charge in [-0.2, -0.15) is 0 Å². The number of hydrogen-bond donors (Lipinski definition) is 1. The Balaban J connectivity index is 2.74. The minimum Gasteiger partial charge on any atom is -0.380 e. The first-order valence-corrected chi connectivity index (χ1v) is 4.58. The Morgan fingerprint density at radius 1 is 1.33 bits per heavy atom. The van der Waals surface area contributed by atoms with Crippen LogP contribution < -0.4 is 0 Å². The summed E-state index contributed by atoms with van der Waals surface area (Å²) in [5.41, 5.74) is 1.93. The van der Waals surface area contributed by atoms with Gasteiger partial charge < -0.3 is 9.72 Å². The van der Waals surface area contributed by atoms with Crippen LogP contribution in [-0.2, 0) is 11.3 Å². The number of halogens is 2. The first-order valence-electron chi connectivity index (χ1n) is 4.58.